The lowest BCUT2D eigenvalue weighted by Crippen LogP contribution is -2.44. The van der Waals surface area contributed by atoms with Crippen molar-refractivity contribution in [3.05, 3.63) is 83.3 Å². The molecule has 1 heterocycles. The molecule has 10 heteroatoms. The van der Waals surface area contributed by atoms with Crippen molar-refractivity contribution in [3.63, 3.8) is 0 Å². The lowest BCUT2D eigenvalue weighted by molar-refractivity contribution is -0.111. The number of aldehydes is 1. The highest BCUT2D eigenvalue weighted by Gasteiger charge is 2.23. The number of anilines is 2. The third-order valence-electron chi connectivity index (χ3n) is 6.27. The van der Waals surface area contributed by atoms with Crippen LogP contribution in [0.25, 0.3) is 11.1 Å². The molecule has 0 aliphatic rings. The first-order chi connectivity index (χ1) is 19.6. The third kappa shape index (κ3) is 8.15. The smallest absolute Gasteiger partial charge is 0.323 e. The number of aromatic nitrogens is 1. The number of carbonyl (C=O) groups excluding carboxylic acids is 3. The minimum Gasteiger partial charge on any atom is -0.493 e. The molecule has 0 spiro atoms. The molecule has 2 aromatic carbocycles. The number of hydrogen-bond donors (Lipinski definition) is 3. The number of nitrogens with one attached hydrogen (secondary N) is 3. The Morgan fingerprint density at radius 2 is 1.71 bits per heavy atom. The van der Waals surface area contributed by atoms with Gasteiger partial charge in [0.25, 0.3) is 5.91 Å². The van der Waals surface area contributed by atoms with Crippen LogP contribution >= 0.6 is 0 Å². The van der Waals surface area contributed by atoms with Crippen molar-refractivity contribution in [2.24, 2.45) is 0 Å². The number of nitrogens with zero attached hydrogens (tertiary/aromatic N) is 1. The summed E-state index contributed by atoms with van der Waals surface area (Å²) in [7, 11) is 3.15. The maximum absolute atomic E-state index is 13.3. The molecule has 3 rings (SSSR count). The van der Waals surface area contributed by atoms with E-state index in [-0.39, 0.29) is 11.3 Å². The highest BCUT2D eigenvalue weighted by atomic mass is 16.5. The predicted molar refractivity (Wildman–Crippen MR) is 158 cm³/mol. The monoisotopic (exact) mass is 560 g/mol. The van der Waals surface area contributed by atoms with Crippen LogP contribution in [0, 0.1) is 13.8 Å². The number of aryl methyl sites for hydroxylation is 2. The predicted octanol–water partition coefficient (Wildman–Crippen LogP) is 5.40. The average Bonchev–Trinajstić information content (AvgIpc) is 2.93. The lowest BCUT2D eigenvalue weighted by atomic mass is 10.0. The number of ether oxygens (including phenoxy) is 3. The fraction of sp³-hybridized carbons (Fsp3) is 0.290. The van der Waals surface area contributed by atoms with Gasteiger partial charge in [0.1, 0.15) is 18.4 Å². The van der Waals surface area contributed by atoms with Gasteiger partial charge >= 0.3 is 6.03 Å². The van der Waals surface area contributed by atoms with Gasteiger partial charge in [-0.1, -0.05) is 24.8 Å². The fourth-order valence-electron chi connectivity index (χ4n) is 4.35. The summed E-state index contributed by atoms with van der Waals surface area (Å²) in [6.07, 6.45) is 1.58. The Kier molecular flexibility index (Phi) is 10.6. The second-order valence-corrected chi connectivity index (χ2v) is 9.63. The molecule has 3 aromatic rings. The standard InChI is InChI=1S/C31H36N4O6/c1-18(2)41-21(5)27(16-36)33-30(37)25-10-8-23(24-9-11-28(40-7)32-15-24)14-26(25)34-31(38)35-29-19(3)12-22(17-39-6)13-20(29)4/h8-16,21,27H,1,17H2,2-7H3,(H,33,37)(H2,34,35,38)/t21-,27-/m1/s1. The molecule has 41 heavy (non-hydrogen) atoms. The maximum Gasteiger partial charge on any atom is 0.323 e. The summed E-state index contributed by atoms with van der Waals surface area (Å²) in [4.78, 5) is 42.6. The quantitative estimate of drug-likeness (QED) is 0.200. The van der Waals surface area contributed by atoms with E-state index in [1.54, 1.807) is 51.4 Å². The summed E-state index contributed by atoms with van der Waals surface area (Å²) in [6, 6.07) is 10.9. The van der Waals surface area contributed by atoms with Gasteiger partial charge < -0.3 is 35.0 Å². The van der Waals surface area contributed by atoms with Crippen molar-refractivity contribution >= 4 is 29.6 Å². The number of methoxy groups -OCH3 is 2. The molecule has 0 saturated carbocycles. The zero-order valence-electron chi connectivity index (χ0n) is 24.2. The zero-order valence-corrected chi connectivity index (χ0v) is 24.2. The van der Waals surface area contributed by atoms with E-state index in [4.69, 9.17) is 14.2 Å². The number of benzene rings is 2. The molecule has 0 aliphatic heterocycles. The van der Waals surface area contributed by atoms with Gasteiger partial charge in [-0.3, -0.25) is 4.79 Å². The van der Waals surface area contributed by atoms with Gasteiger partial charge in [-0.2, -0.15) is 0 Å². The van der Waals surface area contributed by atoms with E-state index in [1.807, 2.05) is 32.0 Å². The van der Waals surface area contributed by atoms with Crippen LogP contribution in [0.3, 0.4) is 0 Å². The number of pyridine rings is 1. The van der Waals surface area contributed by atoms with Gasteiger partial charge in [-0.05, 0) is 68.1 Å². The Bertz CT molecular complexity index is 1400. The van der Waals surface area contributed by atoms with Gasteiger partial charge in [-0.15, -0.1) is 0 Å². The van der Waals surface area contributed by atoms with Crippen molar-refractivity contribution in [3.8, 4) is 17.0 Å². The molecule has 0 radical (unpaired) electrons. The first kappa shape index (κ1) is 30.8. The minimum atomic E-state index is -0.942. The van der Waals surface area contributed by atoms with Crippen LogP contribution in [0.1, 0.15) is 40.9 Å². The second-order valence-electron chi connectivity index (χ2n) is 9.63. The summed E-state index contributed by atoms with van der Waals surface area (Å²) < 4.78 is 15.9. The molecular formula is C31H36N4O6. The van der Waals surface area contributed by atoms with Crippen molar-refractivity contribution in [2.75, 3.05) is 24.9 Å². The van der Waals surface area contributed by atoms with Gasteiger partial charge in [0.05, 0.1) is 30.7 Å². The van der Waals surface area contributed by atoms with Crippen LogP contribution < -0.4 is 20.7 Å². The topological polar surface area (TPSA) is 128 Å². The molecule has 10 nitrogen and oxygen atoms in total. The van der Waals surface area contributed by atoms with E-state index in [0.717, 1.165) is 22.3 Å². The van der Waals surface area contributed by atoms with Crippen molar-refractivity contribution in [2.45, 2.75) is 46.4 Å². The van der Waals surface area contributed by atoms with Crippen molar-refractivity contribution in [1.82, 2.24) is 10.3 Å². The molecule has 0 bridgehead atoms. The fourth-order valence-corrected chi connectivity index (χ4v) is 4.35. The number of urea groups is 1. The van der Waals surface area contributed by atoms with Crippen LogP contribution in [-0.4, -0.2) is 49.6 Å². The molecule has 0 unspecified atom stereocenters. The molecule has 3 N–H and O–H groups in total. The van der Waals surface area contributed by atoms with Crippen LogP contribution in [0.5, 0.6) is 5.88 Å². The molecule has 2 atom stereocenters. The van der Waals surface area contributed by atoms with Crippen LogP contribution in [0.2, 0.25) is 0 Å². The maximum atomic E-state index is 13.3. The van der Waals surface area contributed by atoms with E-state index < -0.39 is 24.1 Å². The minimum absolute atomic E-state index is 0.156. The van der Waals surface area contributed by atoms with Gasteiger partial charge in [0.2, 0.25) is 5.88 Å². The number of allylic oxidation sites excluding steroid dienone is 1. The highest BCUT2D eigenvalue weighted by molar-refractivity contribution is 6.08. The van der Waals surface area contributed by atoms with E-state index in [0.29, 0.717) is 35.8 Å². The van der Waals surface area contributed by atoms with Crippen LogP contribution in [0.4, 0.5) is 16.2 Å². The van der Waals surface area contributed by atoms with Crippen LogP contribution in [0.15, 0.2) is 61.0 Å². The van der Waals surface area contributed by atoms with E-state index in [1.165, 1.54) is 7.11 Å². The Balaban J connectivity index is 1.94. The largest absolute Gasteiger partial charge is 0.493 e. The number of carbonyl (C=O) groups is 3. The highest BCUT2D eigenvalue weighted by Crippen LogP contribution is 2.28. The van der Waals surface area contributed by atoms with Crippen LogP contribution in [-0.2, 0) is 20.9 Å². The SMILES string of the molecule is C=C(C)O[C@H](C)[C@@H](C=O)NC(=O)c1ccc(-c2ccc(OC)nc2)cc1NC(=O)Nc1c(C)cc(COC)cc1C. The molecule has 3 amide bonds. The number of amides is 3. The molecule has 216 valence electrons. The zero-order chi connectivity index (χ0) is 30.1. The van der Waals surface area contributed by atoms with Crippen molar-refractivity contribution < 1.29 is 28.6 Å². The third-order valence-corrected chi connectivity index (χ3v) is 6.27. The van der Waals surface area contributed by atoms with Gasteiger partial charge in [0.15, 0.2) is 0 Å². The van der Waals surface area contributed by atoms with Gasteiger partial charge in [0, 0.05) is 30.6 Å². The summed E-state index contributed by atoms with van der Waals surface area (Å²) in [5.74, 6) is 0.303. The number of rotatable bonds is 12. The van der Waals surface area contributed by atoms with Gasteiger partial charge in [-0.25, -0.2) is 9.78 Å². The first-order valence-electron chi connectivity index (χ1n) is 13.0. The Morgan fingerprint density at radius 1 is 1.02 bits per heavy atom. The molecule has 0 saturated heterocycles. The molecular weight excluding hydrogens is 524 g/mol. The summed E-state index contributed by atoms with van der Waals surface area (Å²) >= 11 is 0. The first-order valence-corrected chi connectivity index (χ1v) is 13.0. The summed E-state index contributed by atoms with van der Waals surface area (Å²) in [6.45, 7) is 11.2. The summed E-state index contributed by atoms with van der Waals surface area (Å²) in [5, 5.41) is 8.37. The second kappa shape index (κ2) is 14.1. The Morgan fingerprint density at radius 3 is 2.27 bits per heavy atom. The van der Waals surface area contributed by atoms with Crippen molar-refractivity contribution in [1.29, 1.82) is 0 Å². The average molecular weight is 561 g/mol. The molecule has 1 aromatic heterocycles. The lowest BCUT2D eigenvalue weighted by Gasteiger charge is -2.22. The van der Waals surface area contributed by atoms with E-state index in [9.17, 15) is 14.4 Å². The Hall–Kier alpha value is -4.70. The normalized spacial score (nSPS) is 12.0. The Labute approximate surface area is 240 Å². The van der Waals surface area contributed by atoms with E-state index >= 15 is 0 Å². The molecule has 0 aliphatic carbocycles. The molecule has 0 fully saturated rings. The number of hydrogen-bond acceptors (Lipinski definition) is 7. The summed E-state index contributed by atoms with van der Waals surface area (Å²) in [5.41, 5.74) is 5.21. The van der Waals surface area contributed by atoms with E-state index in [2.05, 4.69) is 27.5 Å².